The second kappa shape index (κ2) is 4.39. The van der Waals surface area contributed by atoms with Crippen LogP contribution in [0.2, 0.25) is 0 Å². The molecule has 0 aliphatic heterocycles. The molecule has 0 saturated heterocycles. The van der Waals surface area contributed by atoms with Gasteiger partial charge in [0, 0.05) is 18.1 Å². The van der Waals surface area contributed by atoms with Crippen molar-refractivity contribution >= 4 is 5.70 Å². The van der Waals surface area contributed by atoms with E-state index in [1.165, 1.54) is 0 Å². The summed E-state index contributed by atoms with van der Waals surface area (Å²) in [7, 11) is 0. The molecule has 0 unspecified atom stereocenters. The van der Waals surface area contributed by atoms with Crippen LogP contribution in [-0.4, -0.2) is 4.57 Å². The fraction of sp³-hybridized carbons (Fsp3) is 0.0909. The van der Waals surface area contributed by atoms with Gasteiger partial charge < -0.3 is 4.57 Å². The van der Waals surface area contributed by atoms with Crippen LogP contribution >= 0.6 is 0 Å². The normalized spacial score (nSPS) is 12.2. The van der Waals surface area contributed by atoms with E-state index in [2.05, 4.69) is 6.58 Å². The topological polar surface area (TPSA) is 4.93 Å². The largest absolute Gasteiger partial charge is 0.324 e. The summed E-state index contributed by atoms with van der Waals surface area (Å²) in [5.74, 6) is 0. The molecule has 0 aromatic carbocycles. The Morgan fingerprint density at radius 2 is 2.00 bits per heavy atom. The van der Waals surface area contributed by atoms with Gasteiger partial charge in [-0.1, -0.05) is 18.7 Å². The lowest BCUT2D eigenvalue weighted by molar-refractivity contribution is 1.13. The van der Waals surface area contributed by atoms with E-state index in [9.17, 15) is 0 Å². The number of nitrogens with zero attached hydrogens (tertiary/aromatic N) is 1. The monoisotopic (exact) mass is 159 g/mol. The minimum atomic E-state index is 1.12. The lowest BCUT2D eigenvalue weighted by atomic mass is 10.3. The van der Waals surface area contributed by atoms with Gasteiger partial charge in [-0.15, -0.1) is 0 Å². The zero-order valence-electron chi connectivity index (χ0n) is 7.27. The van der Waals surface area contributed by atoms with Gasteiger partial charge in [-0.2, -0.15) is 0 Å². The molecule has 0 saturated carbocycles. The van der Waals surface area contributed by atoms with E-state index in [1.54, 1.807) is 6.08 Å². The van der Waals surface area contributed by atoms with E-state index in [4.69, 9.17) is 0 Å². The lowest BCUT2D eigenvalue weighted by Crippen LogP contribution is -1.88. The van der Waals surface area contributed by atoms with E-state index in [1.807, 2.05) is 54.2 Å². The van der Waals surface area contributed by atoms with Gasteiger partial charge in [0.2, 0.25) is 0 Å². The van der Waals surface area contributed by atoms with Gasteiger partial charge in [-0.25, -0.2) is 0 Å². The maximum atomic E-state index is 3.67. The molecule has 1 aromatic heterocycles. The maximum Gasteiger partial charge on any atom is 0.0445 e. The molecule has 12 heavy (non-hydrogen) atoms. The molecule has 1 heteroatoms. The minimum absolute atomic E-state index is 1.12. The first kappa shape index (κ1) is 8.60. The van der Waals surface area contributed by atoms with Crippen molar-refractivity contribution in [1.82, 2.24) is 4.57 Å². The van der Waals surface area contributed by atoms with Crippen LogP contribution in [0, 0.1) is 0 Å². The van der Waals surface area contributed by atoms with E-state index in [0.717, 1.165) is 5.70 Å². The van der Waals surface area contributed by atoms with E-state index >= 15 is 0 Å². The van der Waals surface area contributed by atoms with Crippen molar-refractivity contribution in [1.29, 1.82) is 0 Å². The summed E-state index contributed by atoms with van der Waals surface area (Å²) in [6.45, 7) is 5.67. The first-order valence-corrected chi connectivity index (χ1v) is 3.97. The molecule has 0 N–H and O–H groups in total. The van der Waals surface area contributed by atoms with E-state index in [0.29, 0.717) is 0 Å². The zero-order valence-corrected chi connectivity index (χ0v) is 7.27. The molecule has 0 bridgehead atoms. The first-order valence-electron chi connectivity index (χ1n) is 3.97. The average molecular weight is 159 g/mol. The van der Waals surface area contributed by atoms with Crippen molar-refractivity contribution in [3.05, 3.63) is 55.4 Å². The summed E-state index contributed by atoms with van der Waals surface area (Å²) < 4.78 is 2.04. The van der Waals surface area contributed by atoms with Crippen LogP contribution in [0.1, 0.15) is 6.92 Å². The Morgan fingerprint density at radius 3 is 2.50 bits per heavy atom. The molecule has 0 atom stereocenters. The number of rotatable bonds is 3. The molecule has 1 heterocycles. The molecule has 0 aliphatic rings. The lowest BCUT2D eigenvalue weighted by Gasteiger charge is -2.01. The van der Waals surface area contributed by atoms with Gasteiger partial charge in [-0.3, -0.25) is 0 Å². The van der Waals surface area contributed by atoms with Gasteiger partial charge in [-0.05, 0) is 31.2 Å². The Bertz CT molecular complexity index is 289. The third kappa shape index (κ3) is 1.99. The van der Waals surface area contributed by atoms with Crippen LogP contribution in [0.5, 0.6) is 0 Å². The molecule has 0 spiro atoms. The Hall–Kier alpha value is -1.50. The van der Waals surface area contributed by atoms with Crippen LogP contribution in [0.4, 0.5) is 0 Å². The Kier molecular flexibility index (Phi) is 3.15. The highest BCUT2D eigenvalue weighted by atomic mass is 14.9. The molecule has 0 aliphatic carbocycles. The van der Waals surface area contributed by atoms with Gasteiger partial charge in [0.1, 0.15) is 0 Å². The first-order chi connectivity index (χ1) is 5.88. The van der Waals surface area contributed by atoms with E-state index in [-0.39, 0.29) is 0 Å². The maximum absolute atomic E-state index is 3.67. The van der Waals surface area contributed by atoms with Crippen molar-refractivity contribution in [3.8, 4) is 0 Å². The third-order valence-electron chi connectivity index (χ3n) is 1.53. The SMILES string of the molecule is C=C/C=C(\C=C/C)n1cccc1. The average Bonchev–Trinajstić information content (AvgIpc) is 2.56. The van der Waals surface area contributed by atoms with Gasteiger partial charge >= 0.3 is 0 Å². The van der Waals surface area contributed by atoms with Crippen LogP contribution in [0.25, 0.3) is 5.70 Å². The second-order valence-electron chi connectivity index (χ2n) is 2.42. The molecular weight excluding hydrogens is 146 g/mol. The quantitative estimate of drug-likeness (QED) is 0.597. The summed E-state index contributed by atoms with van der Waals surface area (Å²) >= 11 is 0. The smallest absolute Gasteiger partial charge is 0.0445 e. The van der Waals surface area contributed by atoms with Gasteiger partial charge in [0.05, 0.1) is 0 Å². The number of hydrogen-bond acceptors (Lipinski definition) is 0. The number of aromatic nitrogens is 1. The van der Waals surface area contributed by atoms with Crippen LogP contribution in [0.15, 0.2) is 55.4 Å². The van der Waals surface area contributed by atoms with Crippen molar-refractivity contribution in [2.45, 2.75) is 6.92 Å². The molecule has 0 fully saturated rings. The summed E-state index contributed by atoms with van der Waals surface area (Å²) in [4.78, 5) is 0. The van der Waals surface area contributed by atoms with Crippen molar-refractivity contribution in [3.63, 3.8) is 0 Å². The molecular formula is C11H13N. The van der Waals surface area contributed by atoms with Crippen LogP contribution in [-0.2, 0) is 0 Å². The predicted octanol–water partition coefficient (Wildman–Crippen LogP) is 3.09. The molecule has 1 rings (SSSR count). The minimum Gasteiger partial charge on any atom is -0.324 e. The van der Waals surface area contributed by atoms with Crippen LogP contribution < -0.4 is 0 Å². The van der Waals surface area contributed by atoms with Gasteiger partial charge in [0.15, 0.2) is 0 Å². The van der Waals surface area contributed by atoms with Crippen molar-refractivity contribution in [2.24, 2.45) is 0 Å². The Balaban J connectivity index is 2.95. The summed E-state index contributed by atoms with van der Waals surface area (Å²) in [6, 6.07) is 4.00. The van der Waals surface area contributed by atoms with Gasteiger partial charge in [0.25, 0.3) is 0 Å². The summed E-state index contributed by atoms with van der Waals surface area (Å²) in [6.07, 6.45) is 11.8. The van der Waals surface area contributed by atoms with Crippen molar-refractivity contribution in [2.75, 3.05) is 0 Å². The second-order valence-corrected chi connectivity index (χ2v) is 2.42. The highest BCUT2D eigenvalue weighted by Gasteiger charge is 1.90. The molecule has 62 valence electrons. The number of allylic oxidation sites excluding steroid dienone is 5. The Morgan fingerprint density at radius 1 is 1.33 bits per heavy atom. The predicted molar refractivity (Wildman–Crippen MR) is 53.7 cm³/mol. The standard InChI is InChI=1S/C11H13N/c1-3-7-11(8-4-2)12-9-5-6-10-12/h3-10H,1H2,2H3/b8-4-,11-7+. The summed E-state index contributed by atoms with van der Waals surface area (Å²) in [5.41, 5.74) is 1.12. The summed E-state index contributed by atoms with van der Waals surface area (Å²) in [5, 5.41) is 0. The highest BCUT2D eigenvalue weighted by molar-refractivity contribution is 5.58. The highest BCUT2D eigenvalue weighted by Crippen LogP contribution is 2.06. The molecule has 1 nitrogen and oxygen atoms in total. The zero-order chi connectivity index (χ0) is 8.81. The fourth-order valence-electron chi connectivity index (χ4n) is 1.03. The van der Waals surface area contributed by atoms with Crippen LogP contribution in [0.3, 0.4) is 0 Å². The number of hydrogen-bond donors (Lipinski definition) is 0. The van der Waals surface area contributed by atoms with E-state index < -0.39 is 0 Å². The van der Waals surface area contributed by atoms with Crippen molar-refractivity contribution < 1.29 is 0 Å². The fourth-order valence-corrected chi connectivity index (χ4v) is 1.03. The molecule has 0 amide bonds. The Labute approximate surface area is 73.3 Å². The molecule has 0 radical (unpaired) electrons. The molecule has 1 aromatic rings. The third-order valence-corrected chi connectivity index (χ3v) is 1.53.